The zero-order valence-corrected chi connectivity index (χ0v) is 12.7. The van der Waals surface area contributed by atoms with Gasteiger partial charge in [-0.15, -0.1) is 5.10 Å². The van der Waals surface area contributed by atoms with Gasteiger partial charge in [0.05, 0.1) is 17.4 Å². The summed E-state index contributed by atoms with van der Waals surface area (Å²) in [6.07, 6.45) is 3.40. The first-order valence-electron chi connectivity index (χ1n) is 7.37. The standard InChI is InChI=1S/C16H18N6/c1-3-22(4-2)16-20-14(11-18-21-16)19-13-9-5-7-12-8-6-10-17-15(12)13/h5-11H,3-4H2,1-2H3,(H,19,20,21). The monoisotopic (exact) mass is 294 g/mol. The lowest BCUT2D eigenvalue weighted by atomic mass is 10.2. The van der Waals surface area contributed by atoms with E-state index in [2.05, 4.69) is 44.2 Å². The van der Waals surface area contributed by atoms with E-state index in [-0.39, 0.29) is 0 Å². The van der Waals surface area contributed by atoms with Crippen LogP contribution in [0, 0.1) is 0 Å². The molecule has 0 saturated heterocycles. The van der Waals surface area contributed by atoms with Crippen LogP contribution in [0.3, 0.4) is 0 Å². The molecule has 0 fully saturated rings. The van der Waals surface area contributed by atoms with Crippen molar-refractivity contribution in [1.82, 2.24) is 20.2 Å². The summed E-state index contributed by atoms with van der Waals surface area (Å²) in [5, 5.41) is 12.5. The number of para-hydroxylation sites is 1. The van der Waals surface area contributed by atoms with Gasteiger partial charge in [-0.05, 0) is 26.0 Å². The van der Waals surface area contributed by atoms with E-state index >= 15 is 0 Å². The maximum absolute atomic E-state index is 4.53. The quantitative estimate of drug-likeness (QED) is 0.780. The van der Waals surface area contributed by atoms with Crippen molar-refractivity contribution in [2.75, 3.05) is 23.3 Å². The summed E-state index contributed by atoms with van der Waals surface area (Å²) >= 11 is 0. The third-order valence-corrected chi connectivity index (χ3v) is 3.49. The highest BCUT2D eigenvalue weighted by Crippen LogP contribution is 2.23. The molecular formula is C16H18N6. The number of hydrogen-bond acceptors (Lipinski definition) is 6. The molecule has 3 aromatic rings. The van der Waals surface area contributed by atoms with Crippen LogP contribution in [0.5, 0.6) is 0 Å². The molecule has 1 aromatic carbocycles. The molecule has 0 radical (unpaired) electrons. The first-order valence-corrected chi connectivity index (χ1v) is 7.37. The van der Waals surface area contributed by atoms with Gasteiger partial charge in [-0.2, -0.15) is 10.1 Å². The summed E-state index contributed by atoms with van der Waals surface area (Å²) in [7, 11) is 0. The molecule has 2 aromatic heterocycles. The zero-order valence-electron chi connectivity index (χ0n) is 12.7. The fourth-order valence-corrected chi connectivity index (χ4v) is 2.34. The summed E-state index contributed by atoms with van der Waals surface area (Å²) in [6.45, 7) is 5.83. The molecule has 3 rings (SSSR count). The Kier molecular flexibility index (Phi) is 4.09. The van der Waals surface area contributed by atoms with Gasteiger partial charge in [0.15, 0.2) is 5.82 Å². The van der Waals surface area contributed by atoms with Crippen LogP contribution in [-0.2, 0) is 0 Å². The van der Waals surface area contributed by atoms with Crippen molar-refractivity contribution in [2.24, 2.45) is 0 Å². The lowest BCUT2D eigenvalue weighted by Crippen LogP contribution is -2.24. The van der Waals surface area contributed by atoms with Crippen LogP contribution >= 0.6 is 0 Å². The summed E-state index contributed by atoms with van der Waals surface area (Å²) in [5.74, 6) is 1.29. The number of nitrogens with one attached hydrogen (secondary N) is 1. The van der Waals surface area contributed by atoms with Crippen molar-refractivity contribution in [3.63, 3.8) is 0 Å². The number of benzene rings is 1. The molecule has 2 heterocycles. The van der Waals surface area contributed by atoms with E-state index in [0.717, 1.165) is 29.7 Å². The van der Waals surface area contributed by atoms with E-state index in [1.54, 1.807) is 12.4 Å². The number of nitrogens with zero attached hydrogens (tertiary/aromatic N) is 5. The van der Waals surface area contributed by atoms with Gasteiger partial charge in [-0.25, -0.2) is 0 Å². The van der Waals surface area contributed by atoms with Gasteiger partial charge in [0.25, 0.3) is 0 Å². The molecule has 0 atom stereocenters. The first kappa shape index (κ1) is 14.2. The molecule has 22 heavy (non-hydrogen) atoms. The van der Waals surface area contributed by atoms with Crippen molar-refractivity contribution in [1.29, 1.82) is 0 Å². The van der Waals surface area contributed by atoms with Crippen LogP contribution in [0.15, 0.2) is 42.7 Å². The zero-order chi connectivity index (χ0) is 15.4. The van der Waals surface area contributed by atoms with Crippen LogP contribution in [0.2, 0.25) is 0 Å². The van der Waals surface area contributed by atoms with Gasteiger partial charge >= 0.3 is 0 Å². The minimum absolute atomic E-state index is 0.628. The second-order valence-corrected chi connectivity index (χ2v) is 4.82. The number of rotatable bonds is 5. The number of hydrogen-bond donors (Lipinski definition) is 1. The lowest BCUT2D eigenvalue weighted by Gasteiger charge is -2.18. The maximum atomic E-state index is 4.53. The second kappa shape index (κ2) is 6.34. The third kappa shape index (κ3) is 2.81. The Morgan fingerprint density at radius 1 is 1.09 bits per heavy atom. The van der Waals surface area contributed by atoms with E-state index in [4.69, 9.17) is 0 Å². The van der Waals surface area contributed by atoms with Crippen LogP contribution in [0.1, 0.15) is 13.8 Å². The van der Waals surface area contributed by atoms with Crippen molar-refractivity contribution < 1.29 is 0 Å². The van der Waals surface area contributed by atoms with Crippen LogP contribution < -0.4 is 10.2 Å². The number of aromatic nitrogens is 4. The fourth-order valence-electron chi connectivity index (χ4n) is 2.34. The Morgan fingerprint density at radius 2 is 1.91 bits per heavy atom. The van der Waals surface area contributed by atoms with Crippen molar-refractivity contribution >= 4 is 28.4 Å². The Morgan fingerprint density at radius 3 is 2.73 bits per heavy atom. The van der Waals surface area contributed by atoms with Crippen LogP contribution in [-0.4, -0.2) is 33.3 Å². The average Bonchev–Trinajstić information content (AvgIpc) is 2.57. The molecule has 0 bridgehead atoms. The van der Waals surface area contributed by atoms with E-state index in [1.807, 2.05) is 30.3 Å². The Balaban J connectivity index is 1.94. The van der Waals surface area contributed by atoms with Gasteiger partial charge < -0.3 is 10.2 Å². The SMILES string of the molecule is CCN(CC)c1nncc(Nc2cccc3cccnc23)n1. The van der Waals surface area contributed by atoms with Gasteiger partial charge in [0.2, 0.25) is 5.95 Å². The maximum Gasteiger partial charge on any atom is 0.247 e. The average molecular weight is 294 g/mol. The molecule has 112 valence electrons. The minimum atomic E-state index is 0.628. The van der Waals surface area contributed by atoms with E-state index in [1.165, 1.54) is 0 Å². The number of anilines is 3. The molecule has 0 spiro atoms. The lowest BCUT2D eigenvalue weighted by molar-refractivity contribution is 0.796. The smallest absolute Gasteiger partial charge is 0.247 e. The van der Waals surface area contributed by atoms with Gasteiger partial charge in [-0.1, -0.05) is 18.2 Å². The Bertz CT molecular complexity index is 764. The van der Waals surface area contributed by atoms with Gasteiger partial charge in [0.1, 0.15) is 0 Å². The third-order valence-electron chi connectivity index (χ3n) is 3.49. The molecule has 1 N–H and O–H groups in total. The summed E-state index contributed by atoms with van der Waals surface area (Å²) in [5.41, 5.74) is 1.82. The summed E-state index contributed by atoms with van der Waals surface area (Å²) < 4.78 is 0. The van der Waals surface area contributed by atoms with E-state index in [9.17, 15) is 0 Å². The summed E-state index contributed by atoms with van der Waals surface area (Å²) in [6, 6.07) is 9.97. The van der Waals surface area contributed by atoms with Crippen molar-refractivity contribution in [2.45, 2.75) is 13.8 Å². The summed E-state index contributed by atoms with van der Waals surface area (Å²) in [4.78, 5) is 11.0. The van der Waals surface area contributed by atoms with Crippen LogP contribution in [0.4, 0.5) is 17.5 Å². The number of pyridine rings is 1. The molecule has 6 heteroatoms. The largest absolute Gasteiger partial charge is 0.340 e. The van der Waals surface area contributed by atoms with Gasteiger partial charge in [-0.3, -0.25) is 4.98 Å². The van der Waals surface area contributed by atoms with Crippen molar-refractivity contribution in [3.8, 4) is 0 Å². The highest BCUT2D eigenvalue weighted by Gasteiger charge is 2.08. The van der Waals surface area contributed by atoms with E-state index < -0.39 is 0 Å². The molecule has 0 unspecified atom stereocenters. The highest BCUT2D eigenvalue weighted by molar-refractivity contribution is 5.91. The number of fused-ring (bicyclic) bond motifs is 1. The highest BCUT2D eigenvalue weighted by atomic mass is 15.3. The fraction of sp³-hybridized carbons (Fsp3) is 0.250. The molecular weight excluding hydrogens is 276 g/mol. The van der Waals surface area contributed by atoms with Gasteiger partial charge in [0, 0.05) is 24.7 Å². The normalized spacial score (nSPS) is 10.6. The van der Waals surface area contributed by atoms with Crippen molar-refractivity contribution in [3.05, 3.63) is 42.7 Å². The molecule has 0 aliphatic carbocycles. The minimum Gasteiger partial charge on any atom is -0.340 e. The first-order chi connectivity index (χ1) is 10.8. The molecule has 0 aliphatic heterocycles. The topological polar surface area (TPSA) is 66.8 Å². The Labute approximate surface area is 129 Å². The molecule has 0 saturated carbocycles. The molecule has 6 nitrogen and oxygen atoms in total. The second-order valence-electron chi connectivity index (χ2n) is 4.82. The van der Waals surface area contributed by atoms with Crippen LogP contribution in [0.25, 0.3) is 10.9 Å². The predicted molar refractivity (Wildman–Crippen MR) is 88.4 cm³/mol. The molecule has 0 aliphatic rings. The Hall–Kier alpha value is -2.76. The molecule has 0 amide bonds. The van der Waals surface area contributed by atoms with E-state index in [0.29, 0.717) is 11.8 Å². The predicted octanol–water partition coefficient (Wildman–Crippen LogP) is 3.01.